The lowest BCUT2D eigenvalue weighted by Crippen LogP contribution is -2.50. The molecule has 0 amide bonds. The highest BCUT2D eigenvalue weighted by Gasteiger charge is 2.23. The average molecular weight is 293 g/mol. The highest BCUT2D eigenvalue weighted by atomic mass is 16.3. The number of rotatable bonds is 6. The van der Waals surface area contributed by atoms with Crippen LogP contribution in [0.15, 0.2) is 10.5 Å². The summed E-state index contributed by atoms with van der Waals surface area (Å²) in [6, 6.07) is 3.37. The van der Waals surface area contributed by atoms with Crippen molar-refractivity contribution in [2.45, 2.75) is 59.3 Å². The Labute approximate surface area is 129 Å². The molecule has 0 saturated carbocycles. The number of piperazine rings is 1. The van der Waals surface area contributed by atoms with Gasteiger partial charge in [-0.1, -0.05) is 20.8 Å². The van der Waals surface area contributed by atoms with Crippen LogP contribution < -0.4 is 5.32 Å². The van der Waals surface area contributed by atoms with E-state index in [4.69, 9.17) is 4.42 Å². The lowest BCUT2D eigenvalue weighted by atomic mass is 10.1. The fourth-order valence-corrected chi connectivity index (χ4v) is 2.96. The van der Waals surface area contributed by atoms with Crippen molar-refractivity contribution in [3.8, 4) is 0 Å². The van der Waals surface area contributed by atoms with E-state index < -0.39 is 0 Å². The number of aryl methyl sites for hydroxylation is 1. The monoisotopic (exact) mass is 293 g/mol. The molecule has 2 heterocycles. The number of likely N-dealkylation sites (N-methyl/N-ethyl adjacent to an activating group) is 1. The molecule has 0 spiro atoms. The van der Waals surface area contributed by atoms with Crippen LogP contribution in [0.1, 0.15) is 44.3 Å². The molecular weight excluding hydrogens is 262 g/mol. The van der Waals surface area contributed by atoms with Crippen LogP contribution in [0.25, 0.3) is 0 Å². The molecule has 4 nitrogen and oxygen atoms in total. The van der Waals surface area contributed by atoms with Crippen molar-refractivity contribution < 1.29 is 4.42 Å². The molecule has 0 aliphatic carbocycles. The minimum atomic E-state index is 0.487. The standard InChI is InChI=1S/C17H31N3O/c1-6-15-11-20(8-7-19(15)5)12-16-9-14(4)17(21-16)10-18-13(2)3/h9,13,15,18H,6-8,10-12H2,1-5H3. The summed E-state index contributed by atoms with van der Waals surface area (Å²) < 4.78 is 6.05. The van der Waals surface area contributed by atoms with E-state index in [0.717, 1.165) is 44.2 Å². The molecule has 1 N–H and O–H groups in total. The number of hydrogen-bond donors (Lipinski definition) is 1. The zero-order valence-electron chi connectivity index (χ0n) is 14.3. The van der Waals surface area contributed by atoms with Crippen LogP contribution in [0.2, 0.25) is 0 Å². The molecule has 1 atom stereocenters. The molecule has 1 aromatic heterocycles. The zero-order valence-corrected chi connectivity index (χ0v) is 14.3. The molecule has 120 valence electrons. The maximum absolute atomic E-state index is 6.05. The van der Waals surface area contributed by atoms with Crippen LogP contribution >= 0.6 is 0 Å². The first-order valence-electron chi connectivity index (χ1n) is 8.23. The van der Waals surface area contributed by atoms with E-state index >= 15 is 0 Å². The minimum Gasteiger partial charge on any atom is -0.463 e. The predicted octanol–water partition coefficient (Wildman–Crippen LogP) is 2.61. The second-order valence-electron chi connectivity index (χ2n) is 6.63. The lowest BCUT2D eigenvalue weighted by molar-refractivity contribution is 0.0832. The van der Waals surface area contributed by atoms with Gasteiger partial charge in [-0.25, -0.2) is 0 Å². The topological polar surface area (TPSA) is 31.6 Å². The summed E-state index contributed by atoms with van der Waals surface area (Å²) in [6.07, 6.45) is 1.22. The Balaban J connectivity index is 1.92. The maximum atomic E-state index is 6.05. The molecular formula is C17H31N3O. The van der Waals surface area contributed by atoms with Gasteiger partial charge < -0.3 is 14.6 Å². The summed E-state index contributed by atoms with van der Waals surface area (Å²) in [6.45, 7) is 13.9. The van der Waals surface area contributed by atoms with Gasteiger partial charge in [0.05, 0.1) is 13.1 Å². The summed E-state index contributed by atoms with van der Waals surface area (Å²) in [7, 11) is 2.23. The summed E-state index contributed by atoms with van der Waals surface area (Å²) in [5.74, 6) is 2.19. The van der Waals surface area contributed by atoms with Gasteiger partial charge in [0.1, 0.15) is 11.5 Å². The third-order valence-electron chi connectivity index (χ3n) is 4.45. The third-order valence-corrected chi connectivity index (χ3v) is 4.45. The van der Waals surface area contributed by atoms with Crippen LogP contribution in [-0.2, 0) is 13.1 Å². The van der Waals surface area contributed by atoms with Crippen LogP contribution in [0, 0.1) is 6.92 Å². The number of nitrogens with zero attached hydrogens (tertiary/aromatic N) is 2. The first-order chi connectivity index (χ1) is 9.99. The van der Waals surface area contributed by atoms with Gasteiger partial charge >= 0.3 is 0 Å². The summed E-state index contributed by atoms with van der Waals surface area (Å²) >= 11 is 0. The summed E-state index contributed by atoms with van der Waals surface area (Å²) in [5.41, 5.74) is 1.26. The summed E-state index contributed by atoms with van der Waals surface area (Å²) in [4.78, 5) is 4.99. The molecule has 0 aromatic carbocycles. The third kappa shape index (κ3) is 4.56. The largest absolute Gasteiger partial charge is 0.463 e. The molecule has 1 aliphatic rings. The number of hydrogen-bond acceptors (Lipinski definition) is 4. The van der Waals surface area contributed by atoms with Crippen molar-refractivity contribution >= 4 is 0 Å². The number of furan rings is 1. The Bertz CT molecular complexity index is 441. The predicted molar refractivity (Wildman–Crippen MR) is 87.4 cm³/mol. The Morgan fingerprint density at radius 2 is 2.14 bits per heavy atom. The summed E-state index contributed by atoms with van der Waals surface area (Å²) in [5, 5.41) is 3.43. The molecule has 1 aliphatic heterocycles. The van der Waals surface area contributed by atoms with E-state index in [0.29, 0.717) is 12.1 Å². The van der Waals surface area contributed by atoms with E-state index in [1.807, 2.05) is 0 Å². The van der Waals surface area contributed by atoms with Crippen LogP contribution in [0.4, 0.5) is 0 Å². The van der Waals surface area contributed by atoms with E-state index in [2.05, 4.69) is 55.9 Å². The lowest BCUT2D eigenvalue weighted by Gasteiger charge is -2.38. The van der Waals surface area contributed by atoms with Crippen molar-refractivity contribution in [3.05, 3.63) is 23.2 Å². The molecule has 1 saturated heterocycles. The van der Waals surface area contributed by atoms with Crippen molar-refractivity contribution in [1.29, 1.82) is 0 Å². The van der Waals surface area contributed by atoms with Crippen LogP contribution in [-0.4, -0.2) is 48.6 Å². The van der Waals surface area contributed by atoms with Gasteiger partial charge in [0.15, 0.2) is 0 Å². The first kappa shape index (κ1) is 16.5. The van der Waals surface area contributed by atoms with Gasteiger partial charge in [-0.3, -0.25) is 4.90 Å². The number of nitrogens with one attached hydrogen (secondary N) is 1. The van der Waals surface area contributed by atoms with Crippen molar-refractivity contribution in [2.75, 3.05) is 26.7 Å². The van der Waals surface area contributed by atoms with Gasteiger partial charge in [-0.15, -0.1) is 0 Å². The minimum absolute atomic E-state index is 0.487. The van der Waals surface area contributed by atoms with E-state index in [9.17, 15) is 0 Å². The molecule has 1 fully saturated rings. The highest BCUT2D eigenvalue weighted by molar-refractivity contribution is 5.20. The fraction of sp³-hybridized carbons (Fsp3) is 0.765. The van der Waals surface area contributed by atoms with Crippen molar-refractivity contribution in [1.82, 2.24) is 15.1 Å². The SMILES string of the molecule is CCC1CN(Cc2cc(C)c(CNC(C)C)o2)CCN1C. The Kier molecular flexibility index (Phi) is 5.85. The van der Waals surface area contributed by atoms with Gasteiger partial charge in [-0.05, 0) is 32.0 Å². The van der Waals surface area contributed by atoms with E-state index in [1.54, 1.807) is 0 Å². The Hall–Kier alpha value is -0.840. The molecule has 1 aromatic rings. The van der Waals surface area contributed by atoms with Gasteiger partial charge in [-0.2, -0.15) is 0 Å². The maximum Gasteiger partial charge on any atom is 0.120 e. The fourth-order valence-electron chi connectivity index (χ4n) is 2.96. The molecule has 1 unspecified atom stereocenters. The van der Waals surface area contributed by atoms with Gasteiger partial charge in [0.2, 0.25) is 0 Å². The molecule has 0 radical (unpaired) electrons. The second-order valence-corrected chi connectivity index (χ2v) is 6.63. The Morgan fingerprint density at radius 3 is 2.81 bits per heavy atom. The molecule has 2 rings (SSSR count). The van der Waals surface area contributed by atoms with Gasteiger partial charge in [0, 0.05) is 31.7 Å². The smallest absolute Gasteiger partial charge is 0.120 e. The van der Waals surface area contributed by atoms with Crippen molar-refractivity contribution in [2.24, 2.45) is 0 Å². The van der Waals surface area contributed by atoms with Crippen LogP contribution in [0.3, 0.4) is 0 Å². The van der Waals surface area contributed by atoms with Gasteiger partial charge in [0.25, 0.3) is 0 Å². The second kappa shape index (κ2) is 7.43. The van der Waals surface area contributed by atoms with E-state index in [1.165, 1.54) is 12.0 Å². The van der Waals surface area contributed by atoms with Crippen molar-refractivity contribution in [3.63, 3.8) is 0 Å². The normalized spacial score (nSPS) is 21.3. The zero-order chi connectivity index (χ0) is 15.4. The molecule has 21 heavy (non-hydrogen) atoms. The highest BCUT2D eigenvalue weighted by Crippen LogP contribution is 2.19. The van der Waals surface area contributed by atoms with Crippen LogP contribution in [0.5, 0.6) is 0 Å². The Morgan fingerprint density at radius 1 is 1.38 bits per heavy atom. The molecule has 0 bridgehead atoms. The quantitative estimate of drug-likeness (QED) is 0.874. The average Bonchev–Trinajstić information content (AvgIpc) is 2.78. The first-order valence-corrected chi connectivity index (χ1v) is 8.23. The molecule has 4 heteroatoms. The van der Waals surface area contributed by atoms with E-state index in [-0.39, 0.29) is 0 Å².